The van der Waals surface area contributed by atoms with Gasteiger partial charge >= 0.3 is 0 Å². The second kappa shape index (κ2) is 8.93. The van der Waals surface area contributed by atoms with Crippen LogP contribution in [-0.2, 0) is 0 Å². The molecule has 0 unspecified atom stereocenters. The Labute approximate surface area is 70.3 Å². The van der Waals surface area contributed by atoms with E-state index in [1.54, 1.807) is 0 Å². The van der Waals surface area contributed by atoms with E-state index in [4.69, 9.17) is 0 Å². The lowest BCUT2D eigenvalue weighted by molar-refractivity contribution is 0.504. The van der Waals surface area contributed by atoms with Crippen molar-refractivity contribution in [2.45, 2.75) is 38.5 Å². The van der Waals surface area contributed by atoms with E-state index in [1.165, 1.54) is 38.5 Å². The summed E-state index contributed by atoms with van der Waals surface area (Å²) in [4.78, 5) is 0. The van der Waals surface area contributed by atoms with Crippen molar-refractivity contribution in [3.8, 4) is 0 Å². The van der Waals surface area contributed by atoms with Gasteiger partial charge in [0.2, 0.25) is 0 Å². The highest BCUT2D eigenvalue weighted by atomic mass is 36.0. The van der Waals surface area contributed by atoms with E-state index in [-0.39, 0.29) is 0 Å². The maximum absolute atomic E-state index is 4.68. The largest absolute Gasteiger partial charge is 0.0533 e. The SMILES string of the molecule is C1CCCCC1.ClSCl. The van der Waals surface area contributed by atoms with E-state index in [0.717, 1.165) is 0 Å². The topological polar surface area (TPSA) is 0 Å². The summed E-state index contributed by atoms with van der Waals surface area (Å²) in [6.07, 6.45) is 9.00. The van der Waals surface area contributed by atoms with Crippen LogP contribution in [0.2, 0.25) is 0 Å². The highest BCUT2D eigenvalue weighted by Crippen LogP contribution is 2.15. The minimum atomic E-state index is 0.694. The van der Waals surface area contributed by atoms with Gasteiger partial charge in [-0.2, -0.15) is 0 Å². The molecule has 0 heterocycles. The van der Waals surface area contributed by atoms with E-state index < -0.39 is 0 Å². The van der Waals surface area contributed by atoms with Crippen molar-refractivity contribution in [1.29, 1.82) is 0 Å². The van der Waals surface area contributed by atoms with Crippen LogP contribution in [0.3, 0.4) is 0 Å². The first kappa shape index (κ1) is 9.93. The van der Waals surface area contributed by atoms with Gasteiger partial charge in [0.05, 0.1) is 10.2 Å². The smallest absolute Gasteiger partial charge is 0.0523 e. The Morgan fingerprint density at radius 3 is 0.889 bits per heavy atom. The third kappa shape index (κ3) is 8.93. The lowest BCUT2D eigenvalue weighted by Crippen LogP contribution is -1.85. The number of hydrogen-bond donors (Lipinski definition) is 0. The van der Waals surface area contributed by atoms with E-state index in [0.29, 0.717) is 10.2 Å². The average molecular weight is 187 g/mol. The van der Waals surface area contributed by atoms with Crippen molar-refractivity contribution in [3.05, 3.63) is 0 Å². The first-order valence-electron chi connectivity index (χ1n) is 3.31. The van der Waals surface area contributed by atoms with Gasteiger partial charge in [0.1, 0.15) is 0 Å². The second-order valence-corrected chi connectivity index (χ2v) is 3.70. The highest BCUT2D eigenvalue weighted by molar-refractivity contribution is 8.38. The third-order valence-electron chi connectivity index (χ3n) is 1.50. The van der Waals surface area contributed by atoms with Gasteiger partial charge < -0.3 is 0 Å². The molecule has 1 fully saturated rings. The predicted molar refractivity (Wildman–Crippen MR) is 47.0 cm³/mol. The predicted octanol–water partition coefficient (Wildman–Crippen LogP) is 4.37. The summed E-state index contributed by atoms with van der Waals surface area (Å²) in [5, 5.41) is 0. The number of rotatable bonds is 0. The Morgan fingerprint density at radius 1 is 0.667 bits per heavy atom. The Morgan fingerprint density at radius 2 is 0.778 bits per heavy atom. The molecule has 0 atom stereocenters. The van der Waals surface area contributed by atoms with E-state index in [2.05, 4.69) is 21.4 Å². The molecule has 0 N–H and O–H groups in total. The fraction of sp³-hybridized carbons (Fsp3) is 1.00. The zero-order valence-corrected chi connectivity index (χ0v) is 7.74. The molecular weight excluding hydrogens is 175 g/mol. The quantitative estimate of drug-likeness (QED) is 0.542. The van der Waals surface area contributed by atoms with E-state index >= 15 is 0 Å². The van der Waals surface area contributed by atoms with Gasteiger partial charge in [-0.05, 0) is 21.4 Å². The molecule has 1 saturated carbocycles. The van der Waals surface area contributed by atoms with Crippen molar-refractivity contribution in [2.24, 2.45) is 0 Å². The summed E-state index contributed by atoms with van der Waals surface area (Å²) in [5.41, 5.74) is 0. The maximum atomic E-state index is 4.68. The van der Waals surface area contributed by atoms with Crippen LogP contribution >= 0.6 is 31.6 Å². The third-order valence-corrected chi connectivity index (χ3v) is 1.50. The summed E-state index contributed by atoms with van der Waals surface area (Å²) >= 11 is 0. The van der Waals surface area contributed by atoms with Gasteiger partial charge in [0, 0.05) is 0 Å². The summed E-state index contributed by atoms with van der Waals surface area (Å²) in [5.74, 6) is 0. The molecule has 0 amide bonds. The molecule has 0 bridgehead atoms. The Kier molecular flexibility index (Phi) is 9.85. The fourth-order valence-corrected chi connectivity index (χ4v) is 1.06. The van der Waals surface area contributed by atoms with Crippen molar-refractivity contribution in [2.75, 3.05) is 0 Å². The van der Waals surface area contributed by atoms with Crippen molar-refractivity contribution in [1.82, 2.24) is 0 Å². The molecule has 9 heavy (non-hydrogen) atoms. The molecular formula is C6H12Cl2S. The fourth-order valence-electron chi connectivity index (χ4n) is 1.06. The van der Waals surface area contributed by atoms with E-state index in [1.807, 2.05) is 0 Å². The molecule has 3 heteroatoms. The van der Waals surface area contributed by atoms with Gasteiger partial charge in [0.25, 0.3) is 0 Å². The zero-order valence-electron chi connectivity index (χ0n) is 5.41. The van der Waals surface area contributed by atoms with Gasteiger partial charge in [-0.1, -0.05) is 38.5 Å². The summed E-state index contributed by atoms with van der Waals surface area (Å²) in [6.45, 7) is 0. The van der Waals surface area contributed by atoms with Crippen LogP contribution in [0.15, 0.2) is 0 Å². The average Bonchev–Trinajstić information content (AvgIpc) is 1.93. The van der Waals surface area contributed by atoms with Crippen LogP contribution in [0.4, 0.5) is 0 Å². The molecule has 0 spiro atoms. The monoisotopic (exact) mass is 186 g/mol. The molecule has 0 radical (unpaired) electrons. The second-order valence-electron chi connectivity index (χ2n) is 2.18. The van der Waals surface area contributed by atoms with Crippen molar-refractivity contribution >= 4 is 31.6 Å². The van der Waals surface area contributed by atoms with Gasteiger partial charge in [0.15, 0.2) is 0 Å². The minimum Gasteiger partial charge on any atom is -0.0533 e. The minimum absolute atomic E-state index is 0.694. The molecule has 1 aliphatic carbocycles. The molecule has 0 aliphatic heterocycles. The van der Waals surface area contributed by atoms with Gasteiger partial charge in [-0.25, -0.2) is 0 Å². The van der Waals surface area contributed by atoms with Crippen LogP contribution < -0.4 is 0 Å². The lowest BCUT2D eigenvalue weighted by atomic mass is 10.0. The van der Waals surface area contributed by atoms with Gasteiger partial charge in [-0.3, -0.25) is 0 Å². The first-order chi connectivity index (χ1) is 4.41. The highest BCUT2D eigenvalue weighted by Gasteiger charge is 1.95. The Balaban J connectivity index is 0.000000187. The van der Waals surface area contributed by atoms with Crippen molar-refractivity contribution < 1.29 is 0 Å². The molecule has 0 aromatic heterocycles. The first-order valence-corrected chi connectivity index (χ1v) is 5.78. The summed E-state index contributed by atoms with van der Waals surface area (Å²) < 4.78 is 0. The number of halogens is 2. The standard InChI is InChI=1S/C6H12.Cl2S/c1-2-4-6-5-3-1;1-3-2/h1-6H2;. The number of hydrogen-bond acceptors (Lipinski definition) is 1. The molecule has 0 aromatic carbocycles. The zero-order chi connectivity index (χ0) is 6.95. The summed E-state index contributed by atoms with van der Waals surface area (Å²) in [7, 11) is 10.1. The molecule has 0 nitrogen and oxygen atoms in total. The van der Waals surface area contributed by atoms with Crippen LogP contribution in [0.5, 0.6) is 0 Å². The molecule has 1 aliphatic rings. The normalized spacial score (nSPS) is 18.0. The Hall–Kier alpha value is 0.930. The molecule has 1 rings (SSSR count). The molecule has 56 valence electrons. The van der Waals surface area contributed by atoms with Crippen LogP contribution in [0.1, 0.15) is 38.5 Å². The van der Waals surface area contributed by atoms with E-state index in [9.17, 15) is 0 Å². The maximum Gasteiger partial charge on any atom is 0.0523 e. The Bertz CT molecular complexity index is 34.8. The summed E-state index contributed by atoms with van der Waals surface area (Å²) in [6, 6.07) is 0. The van der Waals surface area contributed by atoms with Crippen LogP contribution in [0, 0.1) is 0 Å². The molecule has 0 aromatic rings. The lowest BCUT2D eigenvalue weighted by Gasteiger charge is -2.05. The van der Waals surface area contributed by atoms with Crippen molar-refractivity contribution in [3.63, 3.8) is 0 Å². The molecule has 0 saturated heterocycles. The van der Waals surface area contributed by atoms with Crippen LogP contribution in [-0.4, -0.2) is 0 Å². The van der Waals surface area contributed by atoms with Gasteiger partial charge in [-0.15, -0.1) is 0 Å². The van der Waals surface area contributed by atoms with Crippen LogP contribution in [0.25, 0.3) is 0 Å².